The Morgan fingerprint density at radius 3 is 2.21 bits per heavy atom. The van der Waals surface area contributed by atoms with Crippen LogP contribution < -0.4 is 4.90 Å². The first kappa shape index (κ1) is 24.2. The highest BCUT2D eigenvalue weighted by atomic mass is 16.5. The lowest BCUT2D eigenvalue weighted by atomic mass is 9.89. The van der Waals surface area contributed by atoms with Gasteiger partial charge in [-0.1, -0.05) is 57.2 Å². The van der Waals surface area contributed by atoms with Crippen molar-refractivity contribution in [2.75, 3.05) is 18.5 Å². The Morgan fingerprint density at radius 2 is 1.55 bits per heavy atom. The molecular formula is C34H31NO3. The van der Waals surface area contributed by atoms with Gasteiger partial charge in [-0.3, -0.25) is 9.59 Å². The standard InChI is InChI=1S/C34H31NO3/c1-34(2,3)30-20-25(31-32(36)27-18-22-8-5-6-9-23(22)19-28(27)33(31)37)17-26(38-30)13-11-21-12-14-29-24(16-21)10-7-15-35(29)4/h5-6,8-9,11-14,16-20H,7,10,15H2,1-4H3. The van der Waals surface area contributed by atoms with E-state index in [-0.39, 0.29) is 22.6 Å². The minimum Gasteiger partial charge on any atom is -0.461 e. The van der Waals surface area contributed by atoms with E-state index in [1.165, 1.54) is 11.3 Å². The van der Waals surface area contributed by atoms with E-state index < -0.39 is 0 Å². The molecule has 1 aliphatic carbocycles. The second-order valence-corrected chi connectivity index (χ2v) is 11.4. The van der Waals surface area contributed by atoms with Crippen molar-refractivity contribution in [3.05, 3.63) is 118 Å². The van der Waals surface area contributed by atoms with Crippen molar-refractivity contribution in [2.45, 2.75) is 33.6 Å². The quantitative estimate of drug-likeness (QED) is 0.270. The molecule has 0 atom stereocenters. The van der Waals surface area contributed by atoms with Crippen LogP contribution in [-0.2, 0) is 11.2 Å². The summed E-state index contributed by atoms with van der Waals surface area (Å²) in [5, 5.41) is 1.90. The van der Waals surface area contributed by atoms with Crippen LogP contribution >= 0.6 is 0 Å². The maximum atomic E-state index is 13.6. The van der Waals surface area contributed by atoms with Crippen molar-refractivity contribution >= 4 is 34.1 Å². The van der Waals surface area contributed by atoms with Crippen LogP contribution in [0.4, 0.5) is 5.69 Å². The minimum absolute atomic E-state index is 0.211. The van der Waals surface area contributed by atoms with Gasteiger partial charge < -0.3 is 9.64 Å². The Hall–Kier alpha value is -4.18. The fraction of sp³-hybridized carbons (Fsp3) is 0.235. The lowest BCUT2D eigenvalue weighted by Gasteiger charge is -2.28. The molecule has 2 heterocycles. The van der Waals surface area contributed by atoms with Crippen LogP contribution in [0, 0.1) is 5.41 Å². The Balaban J connectivity index is 1.41. The summed E-state index contributed by atoms with van der Waals surface area (Å²) in [5.74, 6) is 0.874. The first-order chi connectivity index (χ1) is 18.2. The predicted octanol–water partition coefficient (Wildman–Crippen LogP) is 7.46. The molecule has 6 rings (SSSR count). The molecule has 4 heteroatoms. The number of carbonyl (C=O) groups is 2. The first-order valence-corrected chi connectivity index (χ1v) is 13.2. The normalized spacial score (nSPS) is 17.5. The number of nitrogens with zero attached hydrogens (tertiary/aromatic N) is 1. The Morgan fingerprint density at radius 1 is 0.868 bits per heavy atom. The number of anilines is 1. The van der Waals surface area contributed by atoms with E-state index in [0.29, 0.717) is 22.5 Å². The number of hydrogen-bond acceptors (Lipinski definition) is 4. The van der Waals surface area contributed by atoms with Gasteiger partial charge in [0.1, 0.15) is 11.5 Å². The van der Waals surface area contributed by atoms with E-state index >= 15 is 0 Å². The summed E-state index contributed by atoms with van der Waals surface area (Å²) in [4.78, 5) is 29.4. The molecular weight excluding hydrogens is 470 g/mol. The second kappa shape index (κ2) is 8.98. The molecule has 3 aliphatic rings. The SMILES string of the molecule is CN1CCCc2cc(C=CC3=CC(=C4C(=O)c5cc6ccccc6cc5C4=O)C=C(C(C)(C)C)O3)ccc21. The third-order valence-corrected chi connectivity index (χ3v) is 7.56. The molecule has 3 aromatic rings. The van der Waals surface area contributed by atoms with Gasteiger partial charge in [0.25, 0.3) is 0 Å². The van der Waals surface area contributed by atoms with Crippen LogP contribution in [0.3, 0.4) is 0 Å². The van der Waals surface area contributed by atoms with E-state index in [2.05, 4.69) is 50.9 Å². The molecule has 4 nitrogen and oxygen atoms in total. The van der Waals surface area contributed by atoms with Crippen LogP contribution in [-0.4, -0.2) is 25.2 Å². The molecule has 0 saturated heterocycles. The molecule has 0 spiro atoms. The van der Waals surface area contributed by atoms with Crippen LogP contribution in [0.5, 0.6) is 0 Å². The zero-order valence-electron chi connectivity index (χ0n) is 22.3. The van der Waals surface area contributed by atoms with Crippen LogP contribution in [0.1, 0.15) is 59.0 Å². The maximum Gasteiger partial charge on any atom is 0.198 e. The van der Waals surface area contributed by atoms with Crippen LogP contribution in [0.15, 0.2) is 95.5 Å². The number of allylic oxidation sites excluding steroid dienone is 6. The number of rotatable bonds is 2. The summed E-state index contributed by atoms with van der Waals surface area (Å²) in [7, 11) is 2.14. The minimum atomic E-state index is -0.304. The fourth-order valence-corrected chi connectivity index (χ4v) is 5.46. The molecule has 3 aromatic carbocycles. The summed E-state index contributed by atoms with van der Waals surface area (Å²) < 4.78 is 6.27. The number of ether oxygens (including phenoxy) is 1. The van der Waals surface area contributed by atoms with E-state index in [4.69, 9.17) is 4.74 Å². The maximum absolute atomic E-state index is 13.6. The van der Waals surface area contributed by atoms with Gasteiger partial charge in [-0.2, -0.15) is 0 Å². The highest BCUT2D eigenvalue weighted by molar-refractivity contribution is 6.41. The third-order valence-electron chi connectivity index (χ3n) is 7.56. The molecule has 190 valence electrons. The number of benzene rings is 3. The largest absolute Gasteiger partial charge is 0.461 e. The molecule has 0 bridgehead atoms. The molecule has 2 aliphatic heterocycles. The number of Topliss-reactive ketones (excluding diaryl/α,β-unsaturated/α-hetero) is 2. The Kier molecular flexibility index (Phi) is 5.71. The van der Waals surface area contributed by atoms with Crippen molar-refractivity contribution in [1.82, 2.24) is 0 Å². The molecule has 0 unspecified atom stereocenters. The highest BCUT2D eigenvalue weighted by Gasteiger charge is 2.36. The lowest BCUT2D eigenvalue weighted by Crippen LogP contribution is -2.24. The number of hydrogen-bond donors (Lipinski definition) is 0. The molecule has 0 N–H and O–H groups in total. The van der Waals surface area contributed by atoms with E-state index in [0.717, 1.165) is 41.5 Å². The van der Waals surface area contributed by atoms with Gasteiger partial charge in [0.05, 0.1) is 5.57 Å². The molecule has 0 fully saturated rings. The average molecular weight is 502 g/mol. The van der Waals surface area contributed by atoms with E-state index in [1.54, 1.807) is 0 Å². The summed E-state index contributed by atoms with van der Waals surface area (Å²) in [6, 6.07) is 18.0. The van der Waals surface area contributed by atoms with Crippen molar-refractivity contribution in [1.29, 1.82) is 0 Å². The van der Waals surface area contributed by atoms with Gasteiger partial charge >= 0.3 is 0 Å². The van der Waals surface area contributed by atoms with Gasteiger partial charge in [-0.15, -0.1) is 0 Å². The van der Waals surface area contributed by atoms with Gasteiger partial charge in [-0.05, 0) is 82.8 Å². The summed E-state index contributed by atoms with van der Waals surface area (Å²) in [6.07, 6.45) is 9.86. The number of carbonyl (C=O) groups excluding carboxylic acids is 2. The van der Waals surface area contributed by atoms with Crippen molar-refractivity contribution < 1.29 is 14.3 Å². The predicted molar refractivity (Wildman–Crippen MR) is 153 cm³/mol. The molecule has 0 aromatic heterocycles. The lowest BCUT2D eigenvalue weighted by molar-refractivity contribution is 0.0987. The van der Waals surface area contributed by atoms with Crippen LogP contribution in [0.2, 0.25) is 0 Å². The van der Waals surface area contributed by atoms with Gasteiger partial charge in [0.2, 0.25) is 0 Å². The summed E-state index contributed by atoms with van der Waals surface area (Å²) >= 11 is 0. The molecule has 0 amide bonds. The zero-order chi connectivity index (χ0) is 26.6. The van der Waals surface area contributed by atoms with Gasteiger partial charge in [-0.25, -0.2) is 0 Å². The summed E-state index contributed by atoms with van der Waals surface area (Å²) in [6.45, 7) is 7.27. The molecule has 0 saturated carbocycles. The zero-order valence-corrected chi connectivity index (χ0v) is 22.3. The monoisotopic (exact) mass is 501 g/mol. The van der Waals surface area contributed by atoms with Crippen molar-refractivity contribution in [3.8, 4) is 0 Å². The first-order valence-electron chi connectivity index (χ1n) is 13.2. The molecule has 38 heavy (non-hydrogen) atoms. The molecule has 0 radical (unpaired) electrons. The number of aryl methyl sites for hydroxylation is 1. The summed E-state index contributed by atoms with van der Waals surface area (Å²) in [5.41, 5.74) is 5.18. The topological polar surface area (TPSA) is 46.6 Å². The van der Waals surface area contributed by atoms with Crippen molar-refractivity contribution in [2.24, 2.45) is 5.41 Å². The number of ketones is 2. The van der Waals surface area contributed by atoms with Gasteiger partial charge in [0.15, 0.2) is 11.6 Å². The average Bonchev–Trinajstić information content (AvgIpc) is 3.14. The third kappa shape index (κ3) is 4.20. The van der Waals surface area contributed by atoms with Crippen LogP contribution in [0.25, 0.3) is 16.8 Å². The Bertz CT molecular complexity index is 1590. The van der Waals surface area contributed by atoms with Crippen molar-refractivity contribution in [3.63, 3.8) is 0 Å². The van der Waals surface area contributed by atoms with E-state index in [9.17, 15) is 9.59 Å². The van der Waals surface area contributed by atoms with Gasteiger partial charge in [0, 0.05) is 35.8 Å². The second-order valence-electron chi connectivity index (χ2n) is 11.4. The fourth-order valence-electron chi connectivity index (χ4n) is 5.46. The number of fused-ring (bicyclic) bond motifs is 3. The van der Waals surface area contributed by atoms with E-state index in [1.807, 2.05) is 60.7 Å². The highest BCUT2D eigenvalue weighted by Crippen LogP contribution is 2.38. The Labute approximate surface area is 223 Å². The smallest absolute Gasteiger partial charge is 0.198 e.